The van der Waals surface area contributed by atoms with Gasteiger partial charge in [-0.05, 0) is 61.4 Å². The number of hydrogen-bond donors (Lipinski definition) is 0. The Balaban J connectivity index is 0.000000219. The molecule has 3 rings (SSSR count). The Hall–Kier alpha value is -2.98. The van der Waals surface area contributed by atoms with E-state index in [1.807, 2.05) is 67.6 Å². The summed E-state index contributed by atoms with van der Waals surface area (Å²) in [4.78, 5) is 0. The Bertz CT molecular complexity index is 799. The maximum Gasteiger partial charge on any atom is 0.127 e. The highest BCUT2D eigenvalue weighted by Gasteiger charge is 1.97. The van der Waals surface area contributed by atoms with Crippen LogP contribution in [0.4, 0.5) is 0 Å². The summed E-state index contributed by atoms with van der Waals surface area (Å²) >= 11 is 0. The monoisotopic (exact) mass is 313 g/mol. The number of ether oxygens (including phenoxy) is 1. The minimum Gasteiger partial charge on any atom is -0.457 e. The van der Waals surface area contributed by atoms with Gasteiger partial charge in [-0.3, -0.25) is 0 Å². The lowest BCUT2D eigenvalue weighted by Gasteiger charge is -2.06. The van der Waals surface area contributed by atoms with Crippen LogP contribution in [-0.4, -0.2) is 0 Å². The number of hydrogen-bond acceptors (Lipinski definition) is 1. The molecule has 1 heteroatoms. The van der Waals surface area contributed by atoms with Crippen molar-refractivity contribution in [1.82, 2.24) is 0 Å². The standard InChI is InChI=1S/C15H12O.C8H9/c1-3-13-7-9-14(10-8-13)16-15-6-4-5-12(2)11-15;1-7-4-3-5-8(2)6-7/h1,4-11H,2H3;3-6H,1H2,2H3. The first kappa shape index (κ1) is 17.4. The van der Waals surface area contributed by atoms with Crippen LogP contribution in [0, 0.1) is 25.7 Å². The number of aryl methyl sites for hydroxylation is 1. The number of rotatable bonds is 2. The molecule has 2 aromatic rings. The second-order valence-electron chi connectivity index (χ2n) is 5.58. The molecule has 2 aromatic carbocycles. The molecule has 1 radical (unpaired) electrons. The van der Waals surface area contributed by atoms with Crippen LogP contribution in [0.15, 0.2) is 84.5 Å². The Labute approximate surface area is 145 Å². The van der Waals surface area contributed by atoms with Gasteiger partial charge >= 0.3 is 0 Å². The lowest BCUT2D eigenvalue weighted by Crippen LogP contribution is -1.84. The molecule has 0 aromatic heterocycles. The maximum atomic E-state index is 5.69. The Morgan fingerprint density at radius 2 is 1.75 bits per heavy atom. The molecule has 1 aliphatic rings. The van der Waals surface area contributed by atoms with Gasteiger partial charge in [-0.2, -0.15) is 0 Å². The molecular formula is C23H21O. The molecule has 24 heavy (non-hydrogen) atoms. The quantitative estimate of drug-likeness (QED) is 0.615. The van der Waals surface area contributed by atoms with Crippen LogP contribution in [0.1, 0.15) is 18.1 Å². The highest BCUT2D eigenvalue weighted by molar-refractivity contribution is 5.41. The van der Waals surface area contributed by atoms with Crippen LogP contribution in [0.5, 0.6) is 11.5 Å². The summed E-state index contributed by atoms with van der Waals surface area (Å²) in [5.41, 5.74) is 4.40. The third-order valence-electron chi connectivity index (χ3n) is 3.33. The average molecular weight is 313 g/mol. The van der Waals surface area contributed by atoms with Crippen molar-refractivity contribution in [2.75, 3.05) is 0 Å². The SMILES string of the molecule is C#Cc1ccc(Oc2cccc(C)c2)cc1.C=C1[CH]C(C)=CC=C1. The van der Waals surface area contributed by atoms with Crippen molar-refractivity contribution in [3.8, 4) is 23.8 Å². The van der Waals surface area contributed by atoms with E-state index in [9.17, 15) is 0 Å². The van der Waals surface area contributed by atoms with Crippen molar-refractivity contribution in [3.63, 3.8) is 0 Å². The zero-order chi connectivity index (χ0) is 17.4. The molecule has 0 saturated carbocycles. The van der Waals surface area contributed by atoms with Gasteiger partial charge in [-0.15, -0.1) is 6.42 Å². The summed E-state index contributed by atoms with van der Waals surface area (Å²) in [5, 5.41) is 0. The van der Waals surface area contributed by atoms with Crippen LogP contribution in [0.2, 0.25) is 0 Å². The fourth-order valence-electron chi connectivity index (χ4n) is 2.15. The molecule has 0 atom stereocenters. The Morgan fingerprint density at radius 1 is 1.00 bits per heavy atom. The topological polar surface area (TPSA) is 9.23 Å². The van der Waals surface area contributed by atoms with Crippen molar-refractivity contribution in [2.45, 2.75) is 13.8 Å². The lowest BCUT2D eigenvalue weighted by atomic mass is 10.0. The predicted molar refractivity (Wildman–Crippen MR) is 102 cm³/mol. The minimum atomic E-state index is 0.796. The second kappa shape index (κ2) is 8.60. The number of benzene rings is 2. The molecule has 0 heterocycles. The van der Waals surface area contributed by atoms with Gasteiger partial charge in [0, 0.05) is 12.0 Å². The molecule has 0 fully saturated rings. The van der Waals surface area contributed by atoms with E-state index in [2.05, 4.69) is 31.9 Å². The van der Waals surface area contributed by atoms with Crippen molar-refractivity contribution in [2.24, 2.45) is 0 Å². The Morgan fingerprint density at radius 3 is 2.29 bits per heavy atom. The van der Waals surface area contributed by atoms with E-state index in [-0.39, 0.29) is 0 Å². The molecule has 0 aliphatic heterocycles. The van der Waals surface area contributed by atoms with Gasteiger partial charge in [0.05, 0.1) is 0 Å². The van der Waals surface area contributed by atoms with Gasteiger partial charge in [-0.1, -0.05) is 48.4 Å². The molecule has 0 spiro atoms. The Kier molecular flexibility index (Phi) is 6.23. The zero-order valence-corrected chi connectivity index (χ0v) is 14.1. The number of terminal acetylenes is 1. The van der Waals surface area contributed by atoms with E-state index in [0.717, 1.165) is 22.6 Å². The molecule has 1 aliphatic carbocycles. The number of allylic oxidation sites excluding steroid dienone is 5. The highest BCUT2D eigenvalue weighted by Crippen LogP contribution is 2.22. The highest BCUT2D eigenvalue weighted by atomic mass is 16.5. The molecule has 0 N–H and O–H groups in total. The normalized spacial score (nSPS) is 12.5. The van der Waals surface area contributed by atoms with E-state index in [0.29, 0.717) is 0 Å². The zero-order valence-electron chi connectivity index (χ0n) is 14.1. The van der Waals surface area contributed by atoms with Crippen molar-refractivity contribution in [3.05, 3.63) is 102 Å². The predicted octanol–water partition coefficient (Wildman–Crippen LogP) is 6.03. The van der Waals surface area contributed by atoms with Crippen LogP contribution < -0.4 is 4.74 Å². The van der Waals surface area contributed by atoms with Crippen molar-refractivity contribution >= 4 is 0 Å². The minimum absolute atomic E-state index is 0.796. The summed E-state index contributed by atoms with van der Waals surface area (Å²) in [7, 11) is 0. The summed E-state index contributed by atoms with van der Waals surface area (Å²) in [6.07, 6.45) is 13.4. The summed E-state index contributed by atoms with van der Waals surface area (Å²) < 4.78 is 5.69. The molecule has 0 unspecified atom stereocenters. The lowest BCUT2D eigenvalue weighted by molar-refractivity contribution is 0.482. The third-order valence-corrected chi connectivity index (χ3v) is 3.33. The van der Waals surface area contributed by atoms with E-state index in [1.165, 1.54) is 11.1 Å². The average Bonchev–Trinajstić information content (AvgIpc) is 2.56. The van der Waals surface area contributed by atoms with E-state index >= 15 is 0 Å². The smallest absolute Gasteiger partial charge is 0.127 e. The van der Waals surface area contributed by atoms with Crippen LogP contribution >= 0.6 is 0 Å². The van der Waals surface area contributed by atoms with Gasteiger partial charge in [0.15, 0.2) is 0 Å². The van der Waals surface area contributed by atoms with Gasteiger partial charge in [0.2, 0.25) is 0 Å². The fourth-order valence-corrected chi connectivity index (χ4v) is 2.15. The van der Waals surface area contributed by atoms with Crippen LogP contribution in [0.3, 0.4) is 0 Å². The molecule has 1 nitrogen and oxygen atoms in total. The van der Waals surface area contributed by atoms with E-state index in [1.54, 1.807) is 0 Å². The van der Waals surface area contributed by atoms with Gasteiger partial charge in [-0.25, -0.2) is 0 Å². The van der Waals surface area contributed by atoms with Crippen molar-refractivity contribution < 1.29 is 4.74 Å². The van der Waals surface area contributed by atoms with Crippen LogP contribution in [0.25, 0.3) is 0 Å². The van der Waals surface area contributed by atoms with Gasteiger partial charge in [0.25, 0.3) is 0 Å². The maximum absolute atomic E-state index is 5.69. The van der Waals surface area contributed by atoms with E-state index < -0.39 is 0 Å². The first-order valence-electron chi connectivity index (χ1n) is 7.76. The largest absolute Gasteiger partial charge is 0.457 e. The second-order valence-corrected chi connectivity index (χ2v) is 5.58. The molecule has 0 bridgehead atoms. The first-order valence-corrected chi connectivity index (χ1v) is 7.76. The molecule has 0 amide bonds. The van der Waals surface area contributed by atoms with E-state index in [4.69, 9.17) is 11.2 Å². The first-order chi connectivity index (χ1) is 11.6. The molecule has 0 saturated heterocycles. The fraction of sp³-hybridized carbons (Fsp3) is 0.0870. The molecule has 119 valence electrons. The summed E-state index contributed by atoms with van der Waals surface area (Å²) in [6, 6.07) is 15.4. The van der Waals surface area contributed by atoms with Crippen molar-refractivity contribution in [1.29, 1.82) is 0 Å². The van der Waals surface area contributed by atoms with Crippen LogP contribution in [-0.2, 0) is 0 Å². The summed E-state index contributed by atoms with van der Waals surface area (Å²) in [6.45, 7) is 7.88. The molecular weight excluding hydrogens is 292 g/mol. The third kappa shape index (κ3) is 5.66. The summed E-state index contributed by atoms with van der Waals surface area (Å²) in [5.74, 6) is 4.21. The van der Waals surface area contributed by atoms with Gasteiger partial charge < -0.3 is 4.74 Å². The van der Waals surface area contributed by atoms with Gasteiger partial charge in [0.1, 0.15) is 11.5 Å².